The van der Waals surface area contributed by atoms with E-state index in [0.717, 1.165) is 18.5 Å². The molecule has 2 heterocycles. The van der Waals surface area contributed by atoms with Crippen molar-refractivity contribution in [2.45, 2.75) is 52.0 Å². The molecule has 2 saturated heterocycles. The third-order valence-electron chi connectivity index (χ3n) is 4.98. The van der Waals surface area contributed by atoms with Crippen molar-refractivity contribution in [3.05, 3.63) is 0 Å². The third-order valence-corrected chi connectivity index (χ3v) is 4.98. The standard InChI is InChI=1S/C16H33N3/c1-3-16(13-17-4-2)19-11-7-15(8-12-19)14-18-9-5-6-10-18/h15-17H,3-14H2,1-2H3. The molecule has 0 spiro atoms. The van der Waals surface area contributed by atoms with Gasteiger partial charge in [0, 0.05) is 19.1 Å². The number of nitrogens with zero attached hydrogens (tertiary/aromatic N) is 2. The summed E-state index contributed by atoms with van der Waals surface area (Å²) in [5, 5.41) is 3.52. The zero-order valence-electron chi connectivity index (χ0n) is 13.0. The zero-order chi connectivity index (χ0) is 13.5. The van der Waals surface area contributed by atoms with E-state index in [2.05, 4.69) is 29.0 Å². The molecule has 0 bridgehead atoms. The Morgan fingerprint density at radius 1 is 1.05 bits per heavy atom. The predicted octanol–water partition coefficient (Wildman–Crippen LogP) is 2.18. The lowest BCUT2D eigenvalue weighted by Gasteiger charge is -2.38. The van der Waals surface area contributed by atoms with E-state index in [-0.39, 0.29) is 0 Å². The molecule has 19 heavy (non-hydrogen) atoms. The summed E-state index contributed by atoms with van der Waals surface area (Å²) in [4.78, 5) is 5.42. The third kappa shape index (κ3) is 4.73. The van der Waals surface area contributed by atoms with Crippen LogP contribution in [0, 0.1) is 5.92 Å². The van der Waals surface area contributed by atoms with Crippen molar-refractivity contribution >= 4 is 0 Å². The lowest BCUT2D eigenvalue weighted by Crippen LogP contribution is -2.47. The Morgan fingerprint density at radius 2 is 1.74 bits per heavy atom. The van der Waals surface area contributed by atoms with Crippen LogP contribution in [0.25, 0.3) is 0 Å². The molecule has 2 rings (SSSR count). The quantitative estimate of drug-likeness (QED) is 0.763. The predicted molar refractivity (Wildman–Crippen MR) is 82.6 cm³/mol. The molecule has 0 aromatic carbocycles. The number of rotatable bonds is 7. The Bertz CT molecular complexity index is 230. The monoisotopic (exact) mass is 267 g/mol. The van der Waals surface area contributed by atoms with E-state index in [1.54, 1.807) is 0 Å². The Hall–Kier alpha value is -0.120. The van der Waals surface area contributed by atoms with Gasteiger partial charge in [0.2, 0.25) is 0 Å². The van der Waals surface area contributed by atoms with E-state index in [4.69, 9.17) is 0 Å². The van der Waals surface area contributed by atoms with Gasteiger partial charge in [-0.2, -0.15) is 0 Å². The number of hydrogen-bond acceptors (Lipinski definition) is 3. The summed E-state index contributed by atoms with van der Waals surface area (Å²) in [5.74, 6) is 0.964. The zero-order valence-corrected chi connectivity index (χ0v) is 13.0. The van der Waals surface area contributed by atoms with Crippen LogP contribution in [-0.4, -0.2) is 61.7 Å². The number of likely N-dealkylation sites (tertiary alicyclic amines) is 2. The van der Waals surface area contributed by atoms with Gasteiger partial charge in [-0.15, -0.1) is 0 Å². The Balaban J connectivity index is 1.68. The normalized spacial score (nSPS) is 24.9. The molecule has 2 aliphatic heterocycles. The molecule has 112 valence electrons. The van der Waals surface area contributed by atoms with Gasteiger partial charge in [0.1, 0.15) is 0 Å². The number of piperidine rings is 1. The molecule has 1 N–H and O–H groups in total. The SMILES string of the molecule is CCNCC(CC)N1CCC(CN2CCCC2)CC1. The molecule has 3 nitrogen and oxygen atoms in total. The molecular weight excluding hydrogens is 234 g/mol. The van der Waals surface area contributed by atoms with Gasteiger partial charge in [0.05, 0.1) is 0 Å². The van der Waals surface area contributed by atoms with Crippen molar-refractivity contribution in [3.63, 3.8) is 0 Å². The van der Waals surface area contributed by atoms with Crippen LogP contribution in [0.1, 0.15) is 46.0 Å². The first-order valence-electron chi connectivity index (χ1n) is 8.50. The summed E-state index contributed by atoms with van der Waals surface area (Å²) in [6, 6.07) is 0.757. The molecule has 2 aliphatic rings. The second-order valence-electron chi connectivity index (χ2n) is 6.36. The van der Waals surface area contributed by atoms with Crippen LogP contribution in [-0.2, 0) is 0 Å². The van der Waals surface area contributed by atoms with Gasteiger partial charge in [-0.25, -0.2) is 0 Å². The van der Waals surface area contributed by atoms with Gasteiger partial charge >= 0.3 is 0 Å². The maximum Gasteiger partial charge on any atom is 0.0218 e. The number of likely N-dealkylation sites (N-methyl/N-ethyl adjacent to an activating group) is 1. The Labute approximate surface area is 119 Å². The minimum absolute atomic E-state index is 0.757. The highest BCUT2D eigenvalue weighted by atomic mass is 15.2. The van der Waals surface area contributed by atoms with Gasteiger partial charge in [0.15, 0.2) is 0 Å². The molecule has 2 fully saturated rings. The Morgan fingerprint density at radius 3 is 2.32 bits per heavy atom. The highest BCUT2D eigenvalue weighted by molar-refractivity contribution is 4.81. The molecule has 1 unspecified atom stereocenters. The van der Waals surface area contributed by atoms with Gasteiger partial charge in [-0.3, -0.25) is 4.90 Å². The van der Waals surface area contributed by atoms with Crippen LogP contribution in [0.4, 0.5) is 0 Å². The molecule has 0 aromatic heterocycles. The second kappa shape index (κ2) is 8.23. The number of hydrogen-bond donors (Lipinski definition) is 1. The van der Waals surface area contributed by atoms with Crippen molar-refractivity contribution in [1.29, 1.82) is 0 Å². The summed E-state index contributed by atoms with van der Waals surface area (Å²) >= 11 is 0. The minimum Gasteiger partial charge on any atom is -0.315 e. The smallest absolute Gasteiger partial charge is 0.0218 e. The van der Waals surface area contributed by atoms with Crippen LogP contribution in [0.3, 0.4) is 0 Å². The van der Waals surface area contributed by atoms with Crippen LogP contribution in [0.2, 0.25) is 0 Å². The summed E-state index contributed by atoms with van der Waals surface area (Å²) in [7, 11) is 0. The van der Waals surface area contributed by atoms with Crippen LogP contribution >= 0.6 is 0 Å². The number of nitrogens with one attached hydrogen (secondary N) is 1. The fourth-order valence-corrected chi connectivity index (χ4v) is 3.67. The van der Waals surface area contributed by atoms with Crippen molar-refractivity contribution < 1.29 is 0 Å². The highest BCUT2D eigenvalue weighted by Crippen LogP contribution is 2.22. The highest BCUT2D eigenvalue weighted by Gasteiger charge is 2.25. The molecule has 0 amide bonds. The molecule has 0 aromatic rings. The molecule has 0 saturated carbocycles. The molecule has 3 heteroatoms. The average molecular weight is 267 g/mol. The minimum atomic E-state index is 0.757. The maximum absolute atomic E-state index is 3.52. The van der Waals surface area contributed by atoms with Crippen molar-refractivity contribution in [3.8, 4) is 0 Å². The van der Waals surface area contributed by atoms with Crippen molar-refractivity contribution in [1.82, 2.24) is 15.1 Å². The Kier molecular flexibility index (Phi) is 6.62. The average Bonchev–Trinajstić information content (AvgIpc) is 2.94. The molecular formula is C16H33N3. The fourth-order valence-electron chi connectivity index (χ4n) is 3.67. The van der Waals surface area contributed by atoms with Crippen molar-refractivity contribution in [2.75, 3.05) is 45.8 Å². The van der Waals surface area contributed by atoms with Gasteiger partial charge in [-0.1, -0.05) is 13.8 Å². The van der Waals surface area contributed by atoms with Gasteiger partial charge in [0.25, 0.3) is 0 Å². The summed E-state index contributed by atoms with van der Waals surface area (Å²) in [6.45, 7) is 13.5. The van der Waals surface area contributed by atoms with E-state index in [1.165, 1.54) is 71.4 Å². The van der Waals surface area contributed by atoms with Crippen molar-refractivity contribution in [2.24, 2.45) is 5.92 Å². The van der Waals surface area contributed by atoms with Gasteiger partial charge < -0.3 is 10.2 Å². The first kappa shape index (κ1) is 15.3. The second-order valence-corrected chi connectivity index (χ2v) is 6.36. The first-order chi connectivity index (χ1) is 9.33. The van der Waals surface area contributed by atoms with Crippen LogP contribution in [0.15, 0.2) is 0 Å². The van der Waals surface area contributed by atoms with Crippen LogP contribution in [0.5, 0.6) is 0 Å². The van der Waals surface area contributed by atoms with Gasteiger partial charge in [-0.05, 0) is 70.7 Å². The summed E-state index contributed by atoms with van der Waals surface area (Å²) in [6.07, 6.45) is 6.97. The largest absolute Gasteiger partial charge is 0.315 e. The maximum atomic E-state index is 3.52. The molecule has 0 radical (unpaired) electrons. The van der Waals surface area contributed by atoms with E-state index < -0.39 is 0 Å². The van der Waals surface area contributed by atoms with E-state index >= 15 is 0 Å². The summed E-state index contributed by atoms with van der Waals surface area (Å²) < 4.78 is 0. The summed E-state index contributed by atoms with van der Waals surface area (Å²) in [5.41, 5.74) is 0. The topological polar surface area (TPSA) is 18.5 Å². The fraction of sp³-hybridized carbons (Fsp3) is 1.00. The first-order valence-corrected chi connectivity index (χ1v) is 8.50. The van der Waals surface area contributed by atoms with Crippen LogP contribution < -0.4 is 5.32 Å². The molecule has 0 aliphatic carbocycles. The van der Waals surface area contributed by atoms with E-state index in [1.807, 2.05) is 0 Å². The van der Waals surface area contributed by atoms with E-state index in [9.17, 15) is 0 Å². The lowest BCUT2D eigenvalue weighted by molar-refractivity contribution is 0.112. The van der Waals surface area contributed by atoms with E-state index in [0.29, 0.717) is 0 Å². The lowest BCUT2D eigenvalue weighted by atomic mass is 9.94. The molecule has 1 atom stereocenters.